The number of amides is 1. The number of sulfonamides is 1. The molecule has 0 aromatic heterocycles. The molecule has 0 saturated carbocycles. The number of carbonyl (C=O) groups is 2. The largest absolute Gasteiger partial charge is 0.463 e. The predicted octanol–water partition coefficient (Wildman–Crippen LogP) is 2.89. The number of carbonyl (C=O) groups excluding carboxylic acids is 2. The zero-order valence-corrected chi connectivity index (χ0v) is 20.3. The van der Waals surface area contributed by atoms with Gasteiger partial charge in [-0.05, 0) is 73.6 Å². The molecule has 2 rings (SSSR count). The standard InChI is InChI=1S/C22H27N3O6S2/c1-15-12-16(2)14-18(13-15)25-33(28,29)19-6-4-17(5-7-19)23-22(32)24-20(26)8-9-21(27)31-11-10-30-3/h4-7,12-14,25H,8-11H2,1-3H3,(H2,23,24,26,32). The van der Waals surface area contributed by atoms with Crippen LogP contribution in [-0.4, -0.2) is 45.7 Å². The number of hydrogen-bond donors (Lipinski definition) is 3. The van der Waals surface area contributed by atoms with E-state index in [1.807, 2.05) is 19.9 Å². The number of rotatable bonds is 10. The van der Waals surface area contributed by atoms with Crippen molar-refractivity contribution in [2.24, 2.45) is 0 Å². The Bertz CT molecular complexity index is 1080. The summed E-state index contributed by atoms with van der Waals surface area (Å²) >= 11 is 5.09. The Morgan fingerprint density at radius 2 is 1.58 bits per heavy atom. The van der Waals surface area contributed by atoms with Crippen LogP contribution >= 0.6 is 12.2 Å². The highest BCUT2D eigenvalue weighted by molar-refractivity contribution is 7.92. The van der Waals surface area contributed by atoms with E-state index in [9.17, 15) is 18.0 Å². The van der Waals surface area contributed by atoms with Gasteiger partial charge in [0.05, 0.1) is 17.9 Å². The average Bonchev–Trinajstić information content (AvgIpc) is 2.71. The molecule has 0 fully saturated rings. The van der Waals surface area contributed by atoms with Gasteiger partial charge in [0.2, 0.25) is 5.91 Å². The normalized spacial score (nSPS) is 10.9. The minimum absolute atomic E-state index is 0.0247. The maximum atomic E-state index is 12.7. The van der Waals surface area contributed by atoms with Crippen LogP contribution in [0.1, 0.15) is 24.0 Å². The zero-order chi connectivity index (χ0) is 24.4. The number of aryl methyl sites for hydroxylation is 2. The molecular weight excluding hydrogens is 466 g/mol. The lowest BCUT2D eigenvalue weighted by Crippen LogP contribution is -2.34. The lowest BCUT2D eigenvalue weighted by molar-refractivity contribution is -0.146. The fourth-order valence-electron chi connectivity index (χ4n) is 2.84. The Morgan fingerprint density at radius 1 is 0.939 bits per heavy atom. The van der Waals surface area contributed by atoms with Crippen LogP contribution in [0.3, 0.4) is 0 Å². The molecule has 0 aliphatic rings. The van der Waals surface area contributed by atoms with Gasteiger partial charge in [-0.1, -0.05) is 6.07 Å². The number of anilines is 2. The van der Waals surface area contributed by atoms with E-state index >= 15 is 0 Å². The van der Waals surface area contributed by atoms with E-state index in [1.165, 1.54) is 31.4 Å². The molecule has 0 atom stereocenters. The molecule has 0 saturated heterocycles. The number of ether oxygens (including phenoxy) is 2. The van der Waals surface area contributed by atoms with Crippen molar-refractivity contribution in [2.45, 2.75) is 31.6 Å². The van der Waals surface area contributed by atoms with Gasteiger partial charge in [0.25, 0.3) is 10.0 Å². The van der Waals surface area contributed by atoms with E-state index in [4.69, 9.17) is 21.7 Å². The van der Waals surface area contributed by atoms with Crippen LogP contribution in [0.5, 0.6) is 0 Å². The molecule has 11 heteroatoms. The van der Waals surface area contributed by atoms with Crippen molar-refractivity contribution in [1.82, 2.24) is 5.32 Å². The van der Waals surface area contributed by atoms with Crippen LogP contribution in [0.15, 0.2) is 47.4 Å². The number of methoxy groups -OCH3 is 1. The van der Waals surface area contributed by atoms with Crippen LogP contribution < -0.4 is 15.4 Å². The first-order chi connectivity index (χ1) is 15.6. The summed E-state index contributed by atoms with van der Waals surface area (Å²) in [5, 5.41) is 5.28. The predicted molar refractivity (Wildman–Crippen MR) is 130 cm³/mol. The molecule has 0 heterocycles. The van der Waals surface area contributed by atoms with Crippen molar-refractivity contribution in [1.29, 1.82) is 0 Å². The lowest BCUT2D eigenvalue weighted by atomic mass is 10.1. The summed E-state index contributed by atoms with van der Waals surface area (Å²) in [5.41, 5.74) is 2.88. The van der Waals surface area contributed by atoms with Gasteiger partial charge in [-0.3, -0.25) is 14.3 Å². The number of thiocarbonyl (C=S) groups is 1. The van der Waals surface area contributed by atoms with E-state index in [0.29, 0.717) is 11.4 Å². The summed E-state index contributed by atoms with van der Waals surface area (Å²) in [4.78, 5) is 23.5. The summed E-state index contributed by atoms with van der Waals surface area (Å²) in [6.07, 6.45) is -0.174. The molecule has 3 N–H and O–H groups in total. The Hall–Kier alpha value is -3.02. The Labute approximate surface area is 198 Å². The first kappa shape index (κ1) is 26.2. The van der Waals surface area contributed by atoms with E-state index in [-0.39, 0.29) is 36.1 Å². The second-order valence-electron chi connectivity index (χ2n) is 7.22. The molecular formula is C22H27N3O6S2. The molecule has 1 amide bonds. The van der Waals surface area contributed by atoms with E-state index in [1.54, 1.807) is 12.1 Å². The van der Waals surface area contributed by atoms with Crippen molar-refractivity contribution in [2.75, 3.05) is 30.4 Å². The van der Waals surface area contributed by atoms with Gasteiger partial charge in [-0.25, -0.2) is 8.42 Å². The molecule has 2 aromatic carbocycles. The van der Waals surface area contributed by atoms with Crippen molar-refractivity contribution in [3.8, 4) is 0 Å². The first-order valence-electron chi connectivity index (χ1n) is 10.1. The van der Waals surface area contributed by atoms with Crippen molar-refractivity contribution < 1.29 is 27.5 Å². The van der Waals surface area contributed by atoms with Crippen LogP contribution in [0.25, 0.3) is 0 Å². The second-order valence-corrected chi connectivity index (χ2v) is 9.31. The average molecular weight is 494 g/mol. The van der Waals surface area contributed by atoms with Crippen LogP contribution in [-0.2, 0) is 29.1 Å². The van der Waals surface area contributed by atoms with Crippen LogP contribution in [0, 0.1) is 13.8 Å². The summed E-state index contributed by atoms with van der Waals surface area (Å²) in [5.74, 6) is -0.958. The minimum atomic E-state index is -3.77. The Morgan fingerprint density at radius 3 is 2.18 bits per heavy atom. The maximum Gasteiger partial charge on any atom is 0.306 e. The summed E-state index contributed by atoms with van der Waals surface area (Å²) in [7, 11) is -2.28. The quantitative estimate of drug-likeness (QED) is 0.262. The molecule has 0 aliphatic carbocycles. The zero-order valence-electron chi connectivity index (χ0n) is 18.6. The minimum Gasteiger partial charge on any atom is -0.463 e. The third-order valence-corrected chi connectivity index (χ3v) is 5.86. The number of nitrogens with one attached hydrogen (secondary N) is 3. The number of esters is 1. The van der Waals surface area contributed by atoms with Gasteiger partial charge >= 0.3 is 5.97 Å². The highest BCUT2D eigenvalue weighted by Crippen LogP contribution is 2.20. The first-order valence-corrected chi connectivity index (χ1v) is 11.9. The van der Waals surface area contributed by atoms with Crippen LogP contribution in [0.4, 0.5) is 11.4 Å². The number of hydrogen-bond acceptors (Lipinski definition) is 7. The van der Waals surface area contributed by atoms with Gasteiger partial charge in [0, 0.05) is 24.9 Å². The highest BCUT2D eigenvalue weighted by Gasteiger charge is 2.15. The van der Waals surface area contributed by atoms with Gasteiger partial charge < -0.3 is 20.1 Å². The summed E-state index contributed by atoms with van der Waals surface area (Å²) < 4.78 is 37.5. The summed E-state index contributed by atoms with van der Waals surface area (Å²) in [6.45, 7) is 4.19. The molecule has 33 heavy (non-hydrogen) atoms. The molecule has 0 aliphatic heterocycles. The molecule has 0 radical (unpaired) electrons. The van der Waals surface area contributed by atoms with E-state index in [0.717, 1.165) is 11.1 Å². The van der Waals surface area contributed by atoms with E-state index < -0.39 is 21.9 Å². The van der Waals surface area contributed by atoms with E-state index in [2.05, 4.69) is 15.4 Å². The molecule has 0 spiro atoms. The second kappa shape index (κ2) is 12.3. The molecule has 0 bridgehead atoms. The van der Waals surface area contributed by atoms with Crippen molar-refractivity contribution >= 4 is 50.6 Å². The molecule has 2 aromatic rings. The van der Waals surface area contributed by atoms with Gasteiger partial charge in [0.15, 0.2) is 5.11 Å². The maximum absolute atomic E-state index is 12.7. The SMILES string of the molecule is COCCOC(=O)CCC(=O)NC(=S)Nc1ccc(S(=O)(=O)Nc2cc(C)cc(C)c2)cc1. The third-order valence-electron chi connectivity index (χ3n) is 4.26. The highest BCUT2D eigenvalue weighted by atomic mass is 32.2. The van der Waals surface area contributed by atoms with Gasteiger partial charge in [-0.15, -0.1) is 0 Å². The monoisotopic (exact) mass is 493 g/mol. The fraction of sp³-hybridized carbons (Fsp3) is 0.318. The van der Waals surface area contributed by atoms with Crippen molar-refractivity contribution in [3.05, 3.63) is 53.6 Å². The van der Waals surface area contributed by atoms with Crippen LogP contribution in [0.2, 0.25) is 0 Å². The summed E-state index contributed by atoms with van der Waals surface area (Å²) in [6, 6.07) is 11.4. The Balaban J connectivity index is 1.87. The Kier molecular flexibility index (Phi) is 9.76. The molecule has 9 nitrogen and oxygen atoms in total. The number of benzene rings is 2. The molecule has 0 unspecified atom stereocenters. The smallest absolute Gasteiger partial charge is 0.306 e. The molecule has 178 valence electrons. The van der Waals surface area contributed by atoms with Gasteiger partial charge in [0.1, 0.15) is 6.61 Å². The topological polar surface area (TPSA) is 123 Å². The fourth-order valence-corrected chi connectivity index (χ4v) is 4.12. The lowest BCUT2D eigenvalue weighted by Gasteiger charge is -2.12. The third kappa shape index (κ3) is 9.16. The van der Waals surface area contributed by atoms with Gasteiger partial charge in [-0.2, -0.15) is 0 Å². The van der Waals surface area contributed by atoms with Crippen molar-refractivity contribution in [3.63, 3.8) is 0 Å².